The fourth-order valence-corrected chi connectivity index (χ4v) is 5.32. The fraction of sp³-hybridized carbons (Fsp3) is 0.480. The van der Waals surface area contributed by atoms with Crippen molar-refractivity contribution in [1.29, 1.82) is 5.26 Å². The molecule has 36 heavy (non-hydrogen) atoms. The van der Waals surface area contributed by atoms with Crippen molar-refractivity contribution in [3.05, 3.63) is 52.6 Å². The van der Waals surface area contributed by atoms with Gasteiger partial charge in [0.25, 0.3) is 5.56 Å². The van der Waals surface area contributed by atoms with Crippen molar-refractivity contribution in [2.75, 3.05) is 18.0 Å². The number of nitrogens with zero attached hydrogens (tertiary/aromatic N) is 9. The van der Waals surface area contributed by atoms with Gasteiger partial charge in [-0.25, -0.2) is 13.9 Å². The van der Waals surface area contributed by atoms with Crippen LogP contribution in [-0.4, -0.2) is 59.0 Å². The van der Waals surface area contributed by atoms with Crippen LogP contribution < -0.4 is 10.5 Å². The molecule has 188 valence electrons. The average Bonchev–Trinajstić information content (AvgIpc) is 3.48. The van der Waals surface area contributed by atoms with E-state index in [0.29, 0.717) is 5.52 Å². The lowest BCUT2D eigenvalue weighted by atomic mass is 9.98. The van der Waals surface area contributed by atoms with Gasteiger partial charge in [0, 0.05) is 50.5 Å². The number of hydrogen-bond donors (Lipinski definition) is 0. The Balaban J connectivity index is 1.51. The van der Waals surface area contributed by atoms with Gasteiger partial charge in [-0.1, -0.05) is 13.8 Å². The molecule has 4 aromatic rings. The van der Waals surface area contributed by atoms with Crippen LogP contribution in [0, 0.1) is 17.1 Å². The molecule has 0 amide bonds. The molecule has 0 N–H and O–H groups in total. The van der Waals surface area contributed by atoms with Crippen LogP contribution in [0.4, 0.5) is 10.1 Å². The van der Waals surface area contributed by atoms with Gasteiger partial charge in [0.15, 0.2) is 11.5 Å². The minimum absolute atomic E-state index is 0.0241. The van der Waals surface area contributed by atoms with Crippen molar-refractivity contribution < 1.29 is 4.39 Å². The lowest BCUT2D eigenvalue weighted by Gasteiger charge is -2.49. The summed E-state index contributed by atoms with van der Waals surface area (Å²) in [7, 11) is 1.73. The highest BCUT2D eigenvalue weighted by atomic mass is 19.1. The second-order valence-corrected chi connectivity index (χ2v) is 9.41. The summed E-state index contributed by atoms with van der Waals surface area (Å²) in [4.78, 5) is 22.2. The van der Waals surface area contributed by atoms with Crippen LogP contribution in [0.25, 0.3) is 16.7 Å². The monoisotopic (exact) mass is 491 g/mol. The zero-order valence-corrected chi connectivity index (χ0v) is 21.0. The first-order chi connectivity index (χ1) is 17.4. The molecule has 0 saturated carbocycles. The van der Waals surface area contributed by atoms with Crippen molar-refractivity contribution in [2.24, 2.45) is 7.05 Å². The Labute approximate surface area is 208 Å². The first-order valence-electron chi connectivity index (χ1n) is 12.3. The number of piperazine rings is 1. The number of hydrogen-bond acceptors (Lipinski definition) is 7. The van der Waals surface area contributed by atoms with Crippen molar-refractivity contribution in [3.63, 3.8) is 0 Å². The first-order valence-corrected chi connectivity index (χ1v) is 12.3. The quantitative estimate of drug-likeness (QED) is 0.409. The van der Waals surface area contributed by atoms with E-state index in [-0.39, 0.29) is 35.9 Å². The van der Waals surface area contributed by atoms with Gasteiger partial charge < -0.3 is 9.47 Å². The molecule has 0 spiro atoms. The van der Waals surface area contributed by atoms with Crippen molar-refractivity contribution in [2.45, 2.75) is 58.3 Å². The van der Waals surface area contributed by atoms with Crippen LogP contribution >= 0.6 is 0 Å². The maximum Gasteiger partial charge on any atom is 0.252 e. The molecule has 1 saturated heterocycles. The van der Waals surface area contributed by atoms with Gasteiger partial charge in [-0.3, -0.25) is 14.4 Å². The van der Waals surface area contributed by atoms with Gasteiger partial charge in [-0.05, 0) is 25.8 Å². The molecular formula is C25H30FN9O. The summed E-state index contributed by atoms with van der Waals surface area (Å²) in [6.45, 7) is 8.01. The number of halogens is 1. The molecule has 5 rings (SSSR count). The van der Waals surface area contributed by atoms with Gasteiger partial charge in [-0.15, -0.1) is 0 Å². The van der Waals surface area contributed by atoms with Gasteiger partial charge in [0.05, 0.1) is 35.4 Å². The second kappa shape index (κ2) is 9.35. The zero-order chi connectivity index (χ0) is 25.6. The van der Waals surface area contributed by atoms with Crippen molar-refractivity contribution in [1.82, 2.24) is 33.8 Å². The highest BCUT2D eigenvalue weighted by Crippen LogP contribution is 2.34. The third kappa shape index (κ3) is 3.91. The van der Waals surface area contributed by atoms with E-state index in [9.17, 15) is 9.18 Å². The SMILES string of the molecule is CC[C@H]1CN([C@H](C)c2ccn3ncc(F)c3n2)[C@H](CC)CN1c1cc(=O)n(C)c2cn(CC#N)nc12. The summed E-state index contributed by atoms with van der Waals surface area (Å²) < 4.78 is 18.8. The van der Waals surface area contributed by atoms with Crippen LogP contribution in [0.3, 0.4) is 0 Å². The lowest BCUT2D eigenvalue weighted by Crippen LogP contribution is -2.59. The summed E-state index contributed by atoms with van der Waals surface area (Å²) in [6, 6.07) is 5.99. The minimum Gasteiger partial charge on any atom is -0.364 e. The van der Waals surface area contributed by atoms with Crippen LogP contribution in [0.1, 0.15) is 45.3 Å². The number of anilines is 1. The van der Waals surface area contributed by atoms with Crippen LogP contribution in [-0.2, 0) is 13.6 Å². The van der Waals surface area contributed by atoms with E-state index >= 15 is 0 Å². The molecule has 10 nitrogen and oxygen atoms in total. The first kappa shape index (κ1) is 23.9. The molecule has 3 atom stereocenters. The standard InChI is InChI=1S/C25H30FN9O/c1-5-17-14-34(21-11-23(36)31(4)22-15-32(10-8-27)30-24(21)22)18(6-2)13-33(17)16(3)20-7-9-35-25(29-20)19(26)12-28-35/h7,9,11-12,15-18H,5-6,10,13-14H2,1-4H3/t16-,17-,18+/m1/s1. The minimum atomic E-state index is -0.433. The molecule has 0 aliphatic carbocycles. The normalized spacial score (nSPS) is 19.7. The van der Waals surface area contributed by atoms with E-state index in [4.69, 9.17) is 5.26 Å². The average molecular weight is 492 g/mol. The van der Waals surface area contributed by atoms with E-state index in [1.54, 1.807) is 34.8 Å². The lowest BCUT2D eigenvalue weighted by molar-refractivity contribution is 0.0992. The van der Waals surface area contributed by atoms with Gasteiger partial charge >= 0.3 is 0 Å². The predicted molar refractivity (Wildman–Crippen MR) is 134 cm³/mol. The Bertz CT molecular complexity index is 1510. The van der Waals surface area contributed by atoms with Crippen molar-refractivity contribution >= 4 is 22.4 Å². The Morgan fingerprint density at radius 3 is 2.75 bits per heavy atom. The molecule has 1 aliphatic rings. The van der Waals surface area contributed by atoms with Crippen molar-refractivity contribution in [3.8, 4) is 6.07 Å². The Morgan fingerprint density at radius 2 is 2.03 bits per heavy atom. The molecule has 5 heterocycles. The van der Waals surface area contributed by atoms with Crippen LogP contribution in [0.2, 0.25) is 0 Å². The maximum atomic E-state index is 14.2. The van der Waals surface area contributed by atoms with Gasteiger partial charge in [0.2, 0.25) is 0 Å². The maximum absolute atomic E-state index is 14.2. The number of fused-ring (bicyclic) bond motifs is 2. The molecule has 1 fully saturated rings. The summed E-state index contributed by atoms with van der Waals surface area (Å²) in [5.74, 6) is -0.433. The smallest absolute Gasteiger partial charge is 0.252 e. The topological polar surface area (TPSA) is 100 Å². The van der Waals surface area contributed by atoms with E-state index in [2.05, 4.69) is 51.8 Å². The summed E-state index contributed by atoms with van der Waals surface area (Å²) in [5.41, 5.74) is 3.18. The summed E-state index contributed by atoms with van der Waals surface area (Å²) in [5, 5.41) is 17.8. The number of aromatic nitrogens is 6. The highest BCUT2D eigenvalue weighted by Gasteiger charge is 2.36. The predicted octanol–water partition coefficient (Wildman–Crippen LogP) is 2.88. The van der Waals surface area contributed by atoms with Gasteiger partial charge in [-0.2, -0.15) is 15.5 Å². The number of aryl methyl sites for hydroxylation is 1. The highest BCUT2D eigenvalue weighted by molar-refractivity contribution is 5.88. The molecular weight excluding hydrogens is 461 g/mol. The number of pyridine rings is 1. The zero-order valence-electron chi connectivity index (χ0n) is 21.0. The summed E-state index contributed by atoms with van der Waals surface area (Å²) >= 11 is 0. The molecule has 4 aromatic heterocycles. The molecule has 0 aromatic carbocycles. The van der Waals surface area contributed by atoms with E-state index < -0.39 is 5.82 Å². The Kier molecular flexibility index (Phi) is 6.22. The van der Waals surface area contributed by atoms with Crippen LogP contribution in [0.5, 0.6) is 0 Å². The molecule has 0 unspecified atom stereocenters. The summed E-state index contributed by atoms with van der Waals surface area (Å²) in [6.07, 6.45) is 6.47. The molecule has 11 heteroatoms. The van der Waals surface area contributed by atoms with E-state index in [1.165, 1.54) is 10.7 Å². The van der Waals surface area contributed by atoms with Crippen LogP contribution in [0.15, 0.2) is 35.5 Å². The Morgan fingerprint density at radius 1 is 1.25 bits per heavy atom. The molecule has 0 bridgehead atoms. The third-order valence-electron chi connectivity index (χ3n) is 7.43. The fourth-order valence-electron chi connectivity index (χ4n) is 5.32. The van der Waals surface area contributed by atoms with E-state index in [1.807, 2.05) is 6.07 Å². The third-order valence-corrected chi connectivity index (χ3v) is 7.43. The largest absolute Gasteiger partial charge is 0.364 e. The van der Waals surface area contributed by atoms with Gasteiger partial charge in [0.1, 0.15) is 12.1 Å². The second-order valence-electron chi connectivity index (χ2n) is 9.41. The molecule has 1 aliphatic heterocycles. The molecule has 0 radical (unpaired) electrons. The van der Waals surface area contributed by atoms with E-state index in [0.717, 1.165) is 42.8 Å². The number of rotatable bonds is 6. The Hall–Kier alpha value is -3.78. The number of nitriles is 1.